The first-order valence-corrected chi connectivity index (χ1v) is 7.95. The van der Waals surface area contributed by atoms with Gasteiger partial charge in [0.25, 0.3) is 0 Å². The van der Waals surface area contributed by atoms with Crippen LogP contribution in [0.15, 0.2) is 54.6 Å². The Balaban J connectivity index is 2.16. The minimum atomic E-state index is -0.194. The van der Waals surface area contributed by atoms with Crippen LogP contribution in [0.3, 0.4) is 0 Å². The number of benzene rings is 2. The fourth-order valence-electron chi connectivity index (χ4n) is 2.00. The van der Waals surface area contributed by atoms with Crippen molar-refractivity contribution in [2.45, 2.75) is 12.2 Å². The third-order valence-corrected chi connectivity index (χ3v) is 4.23. The molecule has 0 saturated heterocycles. The molecule has 0 unspecified atom stereocenters. The highest BCUT2D eigenvalue weighted by Crippen LogP contribution is 2.28. The lowest BCUT2D eigenvalue weighted by molar-refractivity contribution is -0.115. The molecule has 1 amide bonds. The number of rotatable bonds is 6. The predicted molar refractivity (Wildman–Crippen MR) is 89.5 cm³/mol. The van der Waals surface area contributed by atoms with Crippen molar-refractivity contribution in [3.8, 4) is 11.1 Å². The topological polar surface area (TPSA) is 49.3 Å². The van der Waals surface area contributed by atoms with E-state index in [0.29, 0.717) is 5.75 Å². The lowest BCUT2D eigenvalue weighted by atomic mass is 10.0. The summed E-state index contributed by atoms with van der Waals surface area (Å²) in [5, 5.41) is 11.6. The number of aliphatic hydroxyl groups is 1. The van der Waals surface area contributed by atoms with Gasteiger partial charge < -0.3 is 10.4 Å². The lowest BCUT2D eigenvalue weighted by Crippen LogP contribution is -2.23. The van der Waals surface area contributed by atoms with Crippen LogP contribution in [0.4, 0.5) is 5.69 Å². The van der Waals surface area contributed by atoms with Crippen LogP contribution in [-0.2, 0) is 4.79 Å². The molecule has 0 heterocycles. The zero-order chi connectivity index (χ0) is 15.1. The van der Waals surface area contributed by atoms with E-state index in [0.717, 1.165) is 16.8 Å². The summed E-state index contributed by atoms with van der Waals surface area (Å²) in [7, 11) is 0. The molecular formula is C17H19NO2S. The Bertz CT molecular complexity index is 586. The number of hydrogen-bond donors (Lipinski definition) is 2. The van der Waals surface area contributed by atoms with Gasteiger partial charge in [0, 0.05) is 17.0 Å². The van der Waals surface area contributed by atoms with E-state index < -0.39 is 0 Å². The number of para-hydroxylation sites is 1. The molecule has 0 aliphatic rings. The van der Waals surface area contributed by atoms with Crippen LogP contribution < -0.4 is 5.32 Å². The minimum absolute atomic E-state index is 0.0446. The molecule has 0 aliphatic heterocycles. The summed E-state index contributed by atoms with van der Waals surface area (Å²) in [6, 6.07) is 17.7. The molecule has 2 N–H and O–H groups in total. The monoisotopic (exact) mass is 301 g/mol. The lowest BCUT2D eigenvalue weighted by Gasteiger charge is -2.14. The van der Waals surface area contributed by atoms with Gasteiger partial charge in [-0.1, -0.05) is 48.5 Å². The largest absolute Gasteiger partial charge is 0.396 e. The second-order valence-electron chi connectivity index (χ2n) is 4.64. The molecule has 0 aliphatic carbocycles. The van der Waals surface area contributed by atoms with Crippen LogP contribution in [0.2, 0.25) is 0 Å². The fourth-order valence-corrected chi connectivity index (χ4v) is 2.67. The Morgan fingerprint density at radius 3 is 2.52 bits per heavy atom. The van der Waals surface area contributed by atoms with E-state index in [4.69, 9.17) is 5.11 Å². The zero-order valence-corrected chi connectivity index (χ0v) is 12.8. The molecule has 2 aromatic rings. The van der Waals surface area contributed by atoms with Crippen LogP contribution in [0.1, 0.15) is 6.92 Å². The Kier molecular flexibility index (Phi) is 5.84. The number of thioether (sulfide) groups is 1. The summed E-state index contributed by atoms with van der Waals surface area (Å²) < 4.78 is 0. The van der Waals surface area contributed by atoms with Gasteiger partial charge in [-0.3, -0.25) is 4.79 Å². The number of carbonyl (C=O) groups excluding carboxylic acids is 1. The first kappa shape index (κ1) is 15.6. The highest BCUT2D eigenvalue weighted by Gasteiger charge is 2.14. The third-order valence-electron chi connectivity index (χ3n) is 3.10. The Morgan fingerprint density at radius 2 is 1.81 bits per heavy atom. The molecule has 21 heavy (non-hydrogen) atoms. The SMILES string of the molecule is C[C@H](SCCO)C(=O)Nc1ccccc1-c1ccccc1. The predicted octanol–water partition coefficient (Wildman–Crippen LogP) is 3.41. The molecule has 3 nitrogen and oxygen atoms in total. The molecule has 2 aromatic carbocycles. The average Bonchev–Trinajstić information content (AvgIpc) is 2.54. The average molecular weight is 301 g/mol. The van der Waals surface area contributed by atoms with Crippen LogP contribution in [0.25, 0.3) is 11.1 Å². The van der Waals surface area contributed by atoms with Gasteiger partial charge in [0.2, 0.25) is 5.91 Å². The van der Waals surface area contributed by atoms with E-state index in [-0.39, 0.29) is 17.8 Å². The fraction of sp³-hybridized carbons (Fsp3) is 0.235. The molecule has 0 radical (unpaired) electrons. The van der Waals surface area contributed by atoms with E-state index in [1.165, 1.54) is 11.8 Å². The number of amides is 1. The first-order valence-electron chi connectivity index (χ1n) is 6.90. The van der Waals surface area contributed by atoms with Crippen molar-refractivity contribution in [3.05, 3.63) is 54.6 Å². The van der Waals surface area contributed by atoms with E-state index in [1.807, 2.05) is 61.5 Å². The summed E-state index contributed by atoms with van der Waals surface area (Å²) in [6.45, 7) is 1.93. The van der Waals surface area contributed by atoms with Crippen molar-refractivity contribution in [2.24, 2.45) is 0 Å². The maximum absolute atomic E-state index is 12.2. The van der Waals surface area contributed by atoms with Gasteiger partial charge in [0.05, 0.1) is 11.9 Å². The smallest absolute Gasteiger partial charge is 0.237 e. The van der Waals surface area contributed by atoms with E-state index >= 15 is 0 Å². The van der Waals surface area contributed by atoms with Gasteiger partial charge in [-0.15, -0.1) is 11.8 Å². The van der Waals surface area contributed by atoms with Gasteiger partial charge in [-0.2, -0.15) is 0 Å². The van der Waals surface area contributed by atoms with Crippen molar-refractivity contribution in [1.82, 2.24) is 0 Å². The first-order chi connectivity index (χ1) is 10.2. The quantitative estimate of drug-likeness (QED) is 0.859. The van der Waals surface area contributed by atoms with Crippen LogP contribution in [-0.4, -0.2) is 28.6 Å². The van der Waals surface area contributed by atoms with Crippen molar-refractivity contribution in [3.63, 3.8) is 0 Å². The van der Waals surface area contributed by atoms with Crippen molar-refractivity contribution in [2.75, 3.05) is 17.7 Å². The standard InChI is InChI=1S/C17H19NO2S/c1-13(21-12-11-19)17(20)18-16-10-6-5-9-15(16)14-7-3-2-4-8-14/h2-10,13,19H,11-12H2,1H3,(H,18,20)/t13-/m0/s1. The van der Waals surface area contributed by atoms with Crippen LogP contribution in [0.5, 0.6) is 0 Å². The van der Waals surface area contributed by atoms with Gasteiger partial charge in [0.15, 0.2) is 0 Å². The van der Waals surface area contributed by atoms with Gasteiger partial charge in [-0.25, -0.2) is 0 Å². The highest BCUT2D eigenvalue weighted by molar-refractivity contribution is 8.00. The molecule has 110 valence electrons. The second kappa shape index (κ2) is 7.86. The Labute approximate surface area is 129 Å². The van der Waals surface area contributed by atoms with E-state index in [9.17, 15) is 4.79 Å². The number of hydrogen-bond acceptors (Lipinski definition) is 3. The number of anilines is 1. The van der Waals surface area contributed by atoms with Gasteiger partial charge in [-0.05, 0) is 18.6 Å². The van der Waals surface area contributed by atoms with Crippen molar-refractivity contribution in [1.29, 1.82) is 0 Å². The normalized spacial score (nSPS) is 11.9. The third kappa shape index (κ3) is 4.34. The number of aliphatic hydroxyl groups excluding tert-OH is 1. The van der Waals surface area contributed by atoms with E-state index in [1.54, 1.807) is 0 Å². The van der Waals surface area contributed by atoms with Crippen molar-refractivity contribution >= 4 is 23.4 Å². The zero-order valence-electron chi connectivity index (χ0n) is 12.0. The molecule has 0 saturated carbocycles. The van der Waals surface area contributed by atoms with E-state index in [2.05, 4.69) is 5.32 Å². The molecule has 0 aromatic heterocycles. The summed E-state index contributed by atoms with van der Waals surface area (Å²) in [4.78, 5) is 12.2. The summed E-state index contributed by atoms with van der Waals surface area (Å²) in [5.41, 5.74) is 2.89. The second-order valence-corrected chi connectivity index (χ2v) is 6.09. The minimum Gasteiger partial charge on any atom is -0.396 e. The van der Waals surface area contributed by atoms with Gasteiger partial charge in [0.1, 0.15) is 0 Å². The summed E-state index contributed by atoms with van der Waals surface area (Å²) in [5.74, 6) is 0.520. The highest BCUT2D eigenvalue weighted by atomic mass is 32.2. The summed E-state index contributed by atoms with van der Waals surface area (Å²) in [6.07, 6.45) is 0. The van der Waals surface area contributed by atoms with Gasteiger partial charge >= 0.3 is 0 Å². The van der Waals surface area contributed by atoms with Crippen LogP contribution in [0, 0.1) is 0 Å². The molecule has 2 rings (SSSR count). The number of nitrogens with one attached hydrogen (secondary N) is 1. The maximum Gasteiger partial charge on any atom is 0.237 e. The molecule has 0 fully saturated rings. The molecular weight excluding hydrogens is 282 g/mol. The molecule has 4 heteroatoms. The summed E-state index contributed by atoms with van der Waals surface area (Å²) >= 11 is 1.44. The molecule has 1 atom stereocenters. The Morgan fingerprint density at radius 1 is 1.14 bits per heavy atom. The molecule has 0 bridgehead atoms. The molecule has 0 spiro atoms. The number of carbonyl (C=O) groups is 1. The van der Waals surface area contributed by atoms with Crippen molar-refractivity contribution < 1.29 is 9.90 Å². The van der Waals surface area contributed by atoms with Crippen LogP contribution >= 0.6 is 11.8 Å². The maximum atomic E-state index is 12.2. The Hall–Kier alpha value is -1.78.